The van der Waals surface area contributed by atoms with Crippen molar-refractivity contribution in [2.24, 2.45) is 0 Å². The number of hydrogen-bond donors (Lipinski definition) is 0. The van der Waals surface area contributed by atoms with Gasteiger partial charge in [0.25, 0.3) is 0 Å². The lowest BCUT2D eigenvalue weighted by atomic mass is 10.1. The van der Waals surface area contributed by atoms with Crippen LogP contribution in [0.25, 0.3) is 22.2 Å². The number of imidazole rings is 1. The van der Waals surface area contributed by atoms with Crippen LogP contribution in [0.4, 0.5) is 10.1 Å². The third-order valence-corrected chi connectivity index (χ3v) is 7.81. The van der Waals surface area contributed by atoms with E-state index >= 15 is 0 Å². The number of carbonyl (C=O) groups is 1. The van der Waals surface area contributed by atoms with Crippen molar-refractivity contribution in [2.75, 3.05) is 38.3 Å². The van der Waals surface area contributed by atoms with E-state index in [0.29, 0.717) is 25.1 Å². The fraction of sp³-hybridized carbons (Fsp3) is 0.414. The molecule has 0 unspecified atom stereocenters. The van der Waals surface area contributed by atoms with Gasteiger partial charge in [0, 0.05) is 61.0 Å². The summed E-state index contributed by atoms with van der Waals surface area (Å²) < 4.78 is 32.9. The van der Waals surface area contributed by atoms with Crippen molar-refractivity contribution in [3.63, 3.8) is 0 Å². The number of ether oxygens (including phenoxy) is 2. The Balaban J connectivity index is 1.40. The van der Waals surface area contributed by atoms with Gasteiger partial charge in [0.15, 0.2) is 17.1 Å². The molecule has 2 aliphatic heterocycles. The van der Waals surface area contributed by atoms with Crippen LogP contribution in [0.5, 0.6) is 5.75 Å². The van der Waals surface area contributed by atoms with E-state index in [9.17, 15) is 9.18 Å². The number of morpholine rings is 1. The quantitative estimate of drug-likeness (QED) is 0.339. The first-order valence-corrected chi connectivity index (χ1v) is 13.3. The SMILES string of the molecule is COc1ccc(N2C(=O)CC[C@H]2c2nc(-c3ccc4onc(C)c4c3)cn2C[C@H](C)N2CCOCC2)cc1F. The van der Waals surface area contributed by atoms with Gasteiger partial charge in [0.2, 0.25) is 5.91 Å². The summed E-state index contributed by atoms with van der Waals surface area (Å²) in [4.78, 5) is 22.3. The second kappa shape index (κ2) is 10.4. The van der Waals surface area contributed by atoms with Crippen LogP contribution in [-0.4, -0.2) is 65.0 Å². The largest absolute Gasteiger partial charge is 0.494 e. The maximum absolute atomic E-state index is 14.7. The van der Waals surface area contributed by atoms with Crippen molar-refractivity contribution in [1.29, 1.82) is 0 Å². The molecule has 0 saturated carbocycles. The highest BCUT2D eigenvalue weighted by atomic mass is 19.1. The molecule has 0 N–H and O–H groups in total. The van der Waals surface area contributed by atoms with E-state index in [1.807, 2.05) is 25.1 Å². The van der Waals surface area contributed by atoms with Gasteiger partial charge in [-0.25, -0.2) is 9.37 Å². The first-order chi connectivity index (χ1) is 18.9. The molecule has 2 atom stereocenters. The summed E-state index contributed by atoms with van der Waals surface area (Å²) in [6.45, 7) is 8.02. The van der Waals surface area contributed by atoms with Gasteiger partial charge in [0.1, 0.15) is 5.82 Å². The van der Waals surface area contributed by atoms with E-state index in [1.54, 1.807) is 17.0 Å². The maximum Gasteiger partial charge on any atom is 0.227 e. The van der Waals surface area contributed by atoms with Crippen LogP contribution < -0.4 is 9.64 Å². The predicted octanol–water partition coefficient (Wildman–Crippen LogP) is 4.74. The molecule has 10 heteroatoms. The average molecular weight is 534 g/mol. The molecule has 0 aliphatic carbocycles. The number of aryl methyl sites for hydroxylation is 1. The molecular formula is C29H32FN5O4. The lowest BCUT2D eigenvalue weighted by Crippen LogP contribution is -2.44. The lowest BCUT2D eigenvalue weighted by molar-refractivity contribution is -0.117. The van der Waals surface area contributed by atoms with Crippen molar-refractivity contribution >= 4 is 22.6 Å². The molecule has 0 bridgehead atoms. The molecular weight excluding hydrogens is 501 g/mol. The second-order valence-corrected chi connectivity index (χ2v) is 10.3. The van der Waals surface area contributed by atoms with Gasteiger partial charge in [-0.05, 0) is 50.6 Å². The average Bonchev–Trinajstić information content (AvgIpc) is 3.65. The van der Waals surface area contributed by atoms with Crippen LogP contribution in [0.2, 0.25) is 0 Å². The summed E-state index contributed by atoms with van der Waals surface area (Å²) in [6.07, 6.45) is 3.02. The predicted molar refractivity (Wildman–Crippen MR) is 144 cm³/mol. The zero-order valence-corrected chi connectivity index (χ0v) is 22.4. The monoisotopic (exact) mass is 533 g/mol. The minimum absolute atomic E-state index is 0.0524. The van der Waals surface area contributed by atoms with E-state index < -0.39 is 5.82 Å². The van der Waals surface area contributed by atoms with Gasteiger partial charge in [-0.3, -0.25) is 9.69 Å². The summed E-state index contributed by atoms with van der Waals surface area (Å²) in [5.41, 5.74) is 3.80. The molecule has 2 saturated heterocycles. The zero-order chi connectivity index (χ0) is 27.1. The second-order valence-electron chi connectivity index (χ2n) is 10.3. The Morgan fingerprint density at radius 1 is 1.18 bits per heavy atom. The Kier molecular flexibility index (Phi) is 6.82. The Bertz CT molecular complexity index is 1510. The third kappa shape index (κ3) is 4.79. The Hall–Kier alpha value is -3.76. The smallest absolute Gasteiger partial charge is 0.227 e. The van der Waals surface area contributed by atoms with E-state index in [-0.39, 0.29) is 23.7 Å². The molecule has 0 spiro atoms. The Labute approximate surface area is 226 Å². The fourth-order valence-electron chi connectivity index (χ4n) is 5.68. The number of aromatic nitrogens is 3. The summed E-state index contributed by atoms with van der Waals surface area (Å²) >= 11 is 0. The summed E-state index contributed by atoms with van der Waals surface area (Å²) in [7, 11) is 1.42. The highest BCUT2D eigenvalue weighted by molar-refractivity contribution is 5.96. The maximum atomic E-state index is 14.7. The van der Waals surface area contributed by atoms with Crippen LogP contribution in [0, 0.1) is 12.7 Å². The highest BCUT2D eigenvalue weighted by Gasteiger charge is 2.37. The normalized spacial score (nSPS) is 19.2. The van der Waals surface area contributed by atoms with Gasteiger partial charge in [-0.2, -0.15) is 0 Å². The number of amides is 1. The summed E-state index contributed by atoms with van der Waals surface area (Å²) in [5.74, 6) is 0.373. The number of rotatable bonds is 7. The van der Waals surface area contributed by atoms with Crippen LogP contribution in [0.1, 0.15) is 37.3 Å². The summed E-state index contributed by atoms with van der Waals surface area (Å²) in [5, 5.41) is 5.02. The Morgan fingerprint density at radius 2 is 2.00 bits per heavy atom. The number of nitrogens with zero attached hydrogens (tertiary/aromatic N) is 5. The van der Waals surface area contributed by atoms with E-state index in [0.717, 1.165) is 60.0 Å². The van der Waals surface area contributed by atoms with Crippen LogP contribution in [-0.2, 0) is 16.1 Å². The molecule has 4 heterocycles. The zero-order valence-electron chi connectivity index (χ0n) is 22.4. The third-order valence-electron chi connectivity index (χ3n) is 7.81. The van der Waals surface area contributed by atoms with Crippen molar-refractivity contribution < 1.29 is 23.2 Å². The molecule has 4 aromatic rings. The van der Waals surface area contributed by atoms with Gasteiger partial charge in [-0.15, -0.1) is 0 Å². The number of halogens is 1. The van der Waals surface area contributed by atoms with Crippen molar-refractivity contribution in [3.05, 3.63) is 59.9 Å². The minimum Gasteiger partial charge on any atom is -0.494 e. The van der Waals surface area contributed by atoms with Crippen LogP contribution in [0.3, 0.4) is 0 Å². The highest BCUT2D eigenvalue weighted by Crippen LogP contribution is 2.39. The fourth-order valence-corrected chi connectivity index (χ4v) is 5.68. The number of anilines is 1. The first-order valence-electron chi connectivity index (χ1n) is 13.3. The number of methoxy groups -OCH3 is 1. The molecule has 2 aliphatic rings. The summed E-state index contributed by atoms with van der Waals surface area (Å²) in [6, 6.07) is 10.5. The minimum atomic E-state index is -0.504. The van der Waals surface area contributed by atoms with E-state index in [1.165, 1.54) is 13.2 Å². The van der Waals surface area contributed by atoms with Crippen LogP contribution in [0.15, 0.2) is 47.1 Å². The molecule has 204 valence electrons. The lowest BCUT2D eigenvalue weighted by Gasteiger charge is -2.33. The van der Waals surface area contributed by atoms with Crippen molar-refractivity contribution in [2.45, 2.75) is 45.3 Å². The molecule has 1 amide bonds. The molecule has 2 aromatic heterocycles. The number of fused-ring (bicyclic) bond motifs is 1. The van der Waals surface area contributed by atoms with Gasteiger partial charge in [0.05, 0.1) is 37.8 Å². The number of hydrogen-bond acceptors (Lipinski definition) is 7. The number of benzene rings is 2. The standard InChI is InChI=1S/C29H32FN5O4/c1-18(33-10-12-38-13-11-33)16-34-17-24(20-4-7-26-22(14-20)19(2)32-39-26)31-29(34)25-6-9-28(36)35(25)21-5-8-27(37-3)23(30)15-21/h4-5,7-8,14-15,17-18,25H,6,9-13,16H2,1-3H3/t18-,25-/m0/s1. The van der Waals surface area contributed by atoms with Crippen molar-refractivity contribution in [3.8, 4) is 17.0 Å². The molecule has 39 heavy (non-hydrogen) atoms. The first kappa shape index (κ1) is 25.5. The molecule has 9 nitrogen and oxygen atoms in total. The van der Waals surface area contributed by atoms with E-state index in [4.69, 9.17) is 19.0 Å². The molecule has 2 aromatic carbocycles. The van der Waals surface area contributed by atoms with Crippen molar-refractivity contribution in [1.82, 2.24) is 19.6 Å². The molecule has 0 radical (unpaired) electrons. The van der Waals surface area contributed by atoms with Gasteiger partial charge in [-0.1, -0.05) is 5.16 Å². The Morgan fingerprint density at radius 3 is 2.77 bits per heavy atom. The van der Waals surface area contributed by atoms with Gasteiger partial charge < -0.3 is 23.5 Å². The molecule has 6 rings (SSSR count). The van der Waals surface area contributed by atoms with Crippen LogP contribution >= 0.6 is 0 Å². The number of carbonyl (C=O) groups excluding carboxylic acids is 1. The molecule has 2 fully saturated rings. The van der Waals surface area contributed by atoms with Gasteiger partial charge >= 0.3 is 0 Å². The topological polar surface area (TPSA) is 85.9 Å². The van der Waals surface area contributed by atoms with E-state index in [2.05, 4.69) is 27.7 Å².